The molecule has 0 heterocycles. The van der Waals surface area contributed by atoms with Gasteiger partial charge in [-0.15, -0.1) is 0 Å². The first-order valence-corrected chi connectivity index (χ1v) is 6.91. The van der Waals surface area contributed by atoms with Gasteiger partial charge in [-0.05, 0) is 31.2 Å². The summed E-state index contributed by atoms with van der Waals surface area (Å²) in [6.07, 6.45) is 2.01. The molecule has 1 aromatic rings. The molecule has 16 heavy (non-hydrogen) atoms. The van der Waals surface area contributed by atoms with Gasteiger partial charge in [-0.25, -0.2) is 0 Å². The minimum atomic E-state index is -0.623. The van der Waals surface area contributed by atoms with E-state index in [-0.39, 0.29) is 0 Å². The fraction of sp³-hybridized carbons (Fsp3) is 0.538. The maximum atomic E-state index is 9.98. The van der Waals surface area contributed by atoms with Crippen molar-refractivity contribution in [2.24, 2.45) is 0 Å². The molecule has 1 unspecified atom stereocenters. The van der Waals surface area contributed by atoms with Crippen LogP contribution in [0.25, 0.3) is 0 Å². The molecule has 1 rings (SSSR count). The van der Waals surface area contributed by atoms with Crippen LogP contribution in [0.2, 0.25) is 0 Å². The van der Waals surface area contributed by atoms with E-state index >= 15 is 0 Å². The fourth-order valence-electron chi connectivity index (χ4n) is 1.64. The van der Waals surface area contributed by atoms with Crippen LogP contribution in [-0.4, -0.2) is 29.3 Å². The maximum Gasteiger partial charge on any atom is 0.0833 e. The lowest BCUT2D eigenvalue weighted by molar-refractivity contribution is 0.0846. The summed E-state index contributed by atoms with van der Waals surface area (Å²) in [6, 6.07) is 8.31. The third-order valence-corrected chi connectivity index (χ3v) is 3.45. The van der Waals surface area contributed by atoms with Gasteiger partial charge >= 0.3 is 0 Å². The Kier molecular flexibility index (Phi) is 5.32. The predicted octanol–water partition coefficient (Wildman–Crippen LogP) is 2.20. The van der Waals surface area contributed by atoms with Gasteiger partial charge in [0.2, 0.25) is 0 Å². The average Bonchev–Trinajstić information content (AvgIpc) is 2.20. The average molecular weight is 239 g/mol. The summed E-state index contributed by atoms with van der Waals surface area (Å²) in [7, 11) is 0. The summed E-state index contributed by atoms with van der Waals surface area (Å²) in [5, 5.41) is 13.3. The quantitative estimate of drug-likeness (QED) is 0.798. The molecule has 1 atom stereocenters. The number of nitrogens with one attached hydrogen (secondary N) is 1. The highest BCUT2D eigenvalue weighted by Gasteiger charge is 2.18. The van der Waals surface area contributed by atoms with Gasteiger partial charge in [0.1, 0.15) is 0 Å². The van der Waals surface area contributed by atoms with Crippen molar-refractivity contribution in [3.63, 3.8) is 0 Å². The van der Waals surface area contributed by atoms with Gasteiger partial charge in [-0.2, -0.15) is 11.8 Å². The molecule has 0 fully saturated rings. The number of thioether (sulfide) groups is 1. The van der Waals surface area contributed by atoms with Gasteiger partial charge < -0.3 is 10.4 Å². The monoisotopic (exact) mass is 239 g/mol. The first kappa shape index (κ1) is 13.6. The minimum absolute atomic E-state index is 0.623. The van der Waals surface area contributed by atoms with Crippen molar-refractivity contribution in [3.05, 3.63) is 35.4 Å². The molecular weight excluding hydrogens is 218 g/mol. The van der Waals surface area contributed by atoms with E-state index in [9.17, 15) is 5.11 Å². The Balaban J connectivity index is 2.39. The maximum absolute atomic E-state index is 9.98. The summed E-state index contributed by atoms with van der Waals surface area (Å²) in [6.45, 7) is 5.42. The minimum Gasteiger partial charge on any atom is -0.388 e. The molecule has 2 nitrogen and oxygen atoms in total. The lowest BCUT2D eigenvalue weighted by Gasteiger charge is -2.22. The lowest BCUT2D eigenvalue weighted by Crippen LogP contribution is -2.39. The van der Waals surface area contributed by atoms with Gasteiger partial charge in [0.25, 0.3) is 0 Å². The first-order chi connectivity index (χ1) is 7.55. The standard InChI is InChI=1S/C13H21NOS/c1-11-6-4-5-7-12(11)8-14-9-13(2,15)10-16-3/h4-7,14-15H,8-10H2,1-3H3. The van der Waals surface area contributed by atoms with E-state index in [1.165, 1.54) is 11.1 Å². The molecule has 0 aliphatic heterocycles. The fourth-order valence-corrected chi connectivity index (χ4v) is 2.36. The van der Waals surface area contributed by atoms with Crippen LogP contribution in [0.4, 0.5) is 0 Å². The van der Waals surface area contributed by atoms with Crippen molar-refractivity contribution in [2.75, 3.05) is 18.6 Å². The summed E-state index contributed by atoms with van der Waals surface area (Å²) < 4.78 is 0. The molecular formula is C13H21NOS. The van der Waals surface area contributed by atoms with Gasteiger partial charge in [0.15, 0.2) is 0 Å². The topological polar surface area (TPSA) is 32.3 Å². The number of benzene rings is 1. The third-order valence-electron chi connectivity index (χ3n) is 2.54. The zero-order chi connectivity index (χ0) is 12.0. The van der Waals surface area contributed by atoms with E-state index in [1.54, 1.807) is 11.8 Å². The SMILES string of the molecule is CSCC(C)(O)CNCc1ccccc1C. The van der Waals surface area contributed by atoms with Crippen LogP contribution in [0, 0.1) is 6.92 Å². The molecule has 0 saturated carbocycles. The van der Waals surface area contributed by atoms with Crippen LogP contribution in [0.3, 0.4) is 0 Å². The molecule has 1 aromatic carbocycles. The zero-order valence-electron chi connectivity index (χ0n) is 10.3. The summed E-state index contributed by atoms with van der Waals surface area (Å²) in [5.74, 6) is 0.758. The van der Waals surface area contributed by atoms with Gasteiger partial charge in [0, 0.05) is 18.8 Å². The van der Waals surface area contributed by atoms with Crippen molar-refractivity contribution >= 4 is 11.8 Å². The number of rotatable bonds is 6. The van der Waals surface area contributed by atoms with Crippen LogP contribution in [-0.2, 0) is 6.54 Å². The smallest absolute Gasteiger partial charge is 0.0833 e. The Hall–Kier alpha value is -0.510. The molecule has 0 amide bonds. The van der Waals surface area contributed by atoms with Gasteiger partial charge in [-0.3, -0.25) is 0 Å². The van der Waals surface area contributed by atoms with E-state index in [4.69, 9.17) is 0 Å². The number of hydrogen-bond donors (Lipinski definition) is 2. The molecule has 0 spiro atoms. The van der Waals surface area contributed by atoms with Gasteiger partial charge in [0.05, 0.1) is 5.60 Å². The molecule has 0 radical (unpaired) electrons. The second-order valence-electron chi connectivity index (χ2n) is 4.46. The van der Waals surface area contributed by atoms with Crippen molar-refractivity contribution in [1.29, 1.82) is 0 Å². The molecule has 0 bridgehead atoms. The summed E-state index contributed by atoms with van der Waals surface area (Å²) >= 11 is 1.67. The van der Waals surface area contributed by atoms with E-state index in [0.717, 1.165) is 12.3 Å². The van der Waals surface area contributed by atoms with Crippen LogP contribution in [0.1, 0.15) is 18.1 Å². The largest absolute Gasteiger partial charge is 0.388 e. The second kappa shape index (κ2) is 6.28. The van der Waals surface area contributed by atoms with Crippen molar-refractivity contribution in [1.82, 2.24) is 5.32 Å². The Morgan fingerprint density at radius 3 is 2.69 bits per heavy atom. The lowest BCUT2D eigenvalue weighted by atomic mass is 10.1. The number of hydrogen-bond acceptors (Lipinski definition) is 3. The second-order valence-corrected chi connectivity index (χ2v) is 5.33. The molecule has 0 saturated heterocycles. The normalized spacial score (nSPS) is 14.8. The van der Waals surface area contributed by atoms with E-state index < -0.39 is 5.60 Å². The Morgan fingerprint density at radius 2 is 2.06 bits per heavy atom. The van der Waals surface area contributed by atoms with Crippen LogP contribution in [0.5, 0.6) is 0 Å². The highest BCUT2D eigenvalue weighted by Crippen LogP contribution is 2.10. The molecule has 0 aliphatic carbocycles. The third kappa shape index (κ3) is 4.56. The van der Waals surface area contributed by atoms with Crippen LogP contribution >= 0.6 is 11.8 Å². The van der Waals surface area contributed by atoms with E-state index in [1.807, 2.05) is 25.3 Å². The first-order valence-electron chi connectivity index (χ1n) is 5.52. The van der Waals surface area contributed by atoms with Crippen LogP contribution < -0.4 is 5.32 Å². The van der Waals surface area contributed by atoms with Crippen molar-refractivity contribution in [2.45, 2.75) is 26.0 Å². The summed E-state index contributed by atoms with van der Waals surface area (Å²) in [4.78, 5) is 0. The highest BCUT2D eigenvalue weighted by molar-refractivity contribution is 7.98. The van der Waals surface area contributed by atoms with Crippen molar-refractivity contribution < 1.29 is 5.11 Å². The molecule has 0 aromatic heterocycles. The zero-order valence-corrected chi connectivity index (χ0v) is 11.1. The number of aryl methyl sites for hydroxylation is 1. The number of aliphatic hydroxyl groups is 1. The molecule has 90 valence electrons. The molecule has 3 heteroatoms. The highest BCUT2D eigenvalue weighted by atomic mass is 32.2. The predicted molar refractivity (Wildman–Crippen MR) is 71.9 cm³/mol. The summed E-state index contributed by atoms with van der Waals surface area (Å²) in [5.41, 5.74) is 1.96. The van der Waals surface area contributed by atoms with Crippen LogP contribution in [0.15, 0.2) is 24.3 Å². The Morgan fingerprint density at radius 1 is 1.38 bits per heavy atom. The Bertz CT molecular complexity index is 325. The van der Waals surface area contributed by atoms with E-state index in [2.05, 4.69) is 24.4 Å². The van der Waals surface area contributed by atoms with Crippen molar-refractivity contribution in [3.8, 4) is 0 Å². The van der Waals surface area contributed by atoms with Gasteiger partial charge in [-0.1, -0.05) is 24.3 Å². The Labute approximate surface area is 102 Å². The molecule has 0 aliphatic rings. The van der Waals surface area contributed by atoms with E-state index in [0.29, 0.717) is 6.54 Å². The molecule has 2 N–H and O–H groups in total.